The molecule has 0 N–H and O–H groups in total. The van der Waals surface area contributed by atoms with Crippen molar-refractivity contribution < 1.29 is 32.3 Å². The fourth-order valence-electron chi connectivity index (χ4n) is 5.49. The van der Waals surface area contributed by atoms with Crippen molar-refractivity contribution in [1.82, 2.24) is 9.80 Å². The molecule has 3 saturated heterocycles. The number of nitrogens with zero attached hydrogens (tertiary/aromatic N) is 2. The van der Waals surface area contributed by atoms with E-state index < -0.39 is 27.3 Å². The Hall–Kier alpha value is -2.95. The molecule has 0 bridgehead atoms. The maximum Gasteiger partial charge on any atom is 0.322 e. The van der Waals surface area contributed by atoms with E-state index in [1.54, 1.807) is 47.1 Å². The molecule has 0 radical (unpaired) electrons. The van der Waals surface area contributed by atoms with Crippen molar-refractivity contribution in [3.63, 3.8) is 0 Å². The van der Waals surface area contributed by atoms with Crippen LogP contribution in [-0.4, -0.2) is 87.3 Å². The lowest BCUT2D eigenvalue weighted by atomic mass is 9.81. The highest BCUT2D eigenvalue weighted by molar-refractivity contribution is 7.90. The summed E-state index contributed by atoms with van der Waals surface area (Å²) < 4.78 is 35.1. The van der Waals surface area contributed by atoms with Crippen LogP contribution < -0.4 is 0 Å². The highest BCUT2D eigenvalue weighted by atomic mass is 35.5. The van der Waals surface area contributed by atoms with E-state index in [0.717, 1.165) is 6.26 Å². The summed E-state index contributed by atoms with van der Waals surface area (Å²) in [6, 6.07) is 9.60. The van der Waals surface area contributed by atoms with Gasteiger partial charge in [0, 0.05) is 36.5 Å². The summed E-state index contributed by atoms with van der Waals surface area (Å²) in [6.07, 6.45) is 2.03. The first kappa shape index (κ1) is 26.6. The maximum absolute atomic E-state index is 13.8. The molecule has 2 unspecified atom stereocenters. The molecule has 1 spiro atoms. The highest BCUT2D eigenvalue weighted by Gasteiger charge is 2.58. The van der Waals surface area contributed by atoms with Crippen molar-refractivity contribution in [2.24, 2.45) is 0 Å². The predicted octanol–water partition coefficient (Wildman–Crippen LogP) is 3.22. The van der Waals surface area contributed by atoms with Gasteiger partial charge >= 0.3 is 12.0 Å². The second-order valence-corrected chi connectivity index (χ2v) is 12.5. The number of halogens is 1. The van der Waals surface area contributed by atoms with E-state index in [0.29, 0.717) is 67.9 Å². The zero-order chi connectivity index (χ0) is 27.2. The molecule has 3 aliphatic rings. The maximum atomic E-state index is 13.8. The van der Waals surface area contributed by atoms with Crippen LogP contribution in [0.4, 0.5) is 4.79 Å². The number of ether oxygens (including phenoxy) is 2. The summed E-state index contributed by atoms with van der Waals surface area (Å²) in [5, 5.41) is 0.283. The lowest BCUT2D eigenvalue weighted by Crippen LogP contribution is -2.58. The molecule has 2 atom stereocenters. The molecule has 9 nitrogen and oxygen atoms in total. The Morgan fingerprint density at radius 2 is 1.82 bits per heavy atom. The number of rotatable bonds is 3. The topological polar surface area (TPSA) is 110 Å². The summed E-state index contributed by atoms with van der Waals surface area (Å²) >= 11 is 6.62. The van der Waals surface area contributed by atoms with Crippen molar-refractivity contribution in [2.45, 2.75) is 36.2 Å². The van der Waals surface area contributed by atoms with Crippen LogP contribution >= 0.6 is 11.6 Å². The number of carbonyl (C=O) groups is 3. The fourth-order valence-corrected chi connectivity index (χ4v) is 6.44. The number of hydrogen-bond donors (Lipinski definition) is 0. The van der Waals surface area contributed by atoms with Gasteiger partial charge in [0.1, 0.15) is 5.92 Å². The van der Waals surface area contributed by atoms with Crippen LogP contribution in [0.5, 0.6) is 0 Å². The number of aryl methyl sites for hydroxylation is 1. The van der Waals surface area contributed by atoms with Gasteiger partial charge in [0.2, 0.25) is 0 Å². The van der Waals surface area contributed by atoms with Gasteiger partial charge in [0.25, 0.3) is 0 Å². The minimum absolute atomic E-state index is 0.0212. The smallest absolute Gasteiger partial charge is 0.322 e. The number of morpholine rings is 1. The van der Waals surface area contributed by atoms with Gasteiger partial charge < -0.3 is 19.3 Å². The average Bonchev–Trinajstić information content (AvgIpc) is 3.13. The van der Waals surface area contributed by atoms with Crippen LogP contribution in [0.25, 0.3) is 11.1 Å². The molecule has 3 aliphatic heterocycles. The van der Waals surface area contributed by atoms with Crippen LogP contribution in [0.1, 0.15) is 29.9 Å². The first-order chi connectivity index (χ1) is 18.0. The Labute approximate surface area is 226 Å². The number of urea groups is 1. The molecule has 38 heavy (non-hydrogen) atoms. The molecule has 3 fully saturated rings. The quantitative estimate of drug-likeness (QED) is 0.419. The molecule has 0 saturated carbocycles. The van der Waals surface area contributed by atoms with Crippen molar-refractivity contribution in [2.75, 3.05) is 45.6 Å². The number of Topliss-reactive ketones (excluding diaryl/α,β-unsaturated/α-hetero) is 1. The SMILES string of the molecule is Cc1cc(-c2cccc(S(C)(=O)=O)c2)c(Cl)cc1C1C(=O)OC2(CCCN(C(=O)N3CCOCC3)C2)C1=O. The van der Waals surface area contributed by atoms with Gasteiger partial charge in [-0.3, -0.25) is 9.59 Å². The number of amides is 2. The number of ketones is 1. The molecule has 2 aromatic rings. The van der Waals surface area contributed by atoms with Crippen molar-refractivity contribution in [1.29, 1.82) is 0 Å². The fraction of sp³-hybridized carbons (Fsp3) is 0.444. The summed E-state index contributed by atoms with van der Waals surface area (Å²) in [5.41, 5.74) is 0.907. The van der Waals surface area contributed by atoms with Crippen LogP contribution in [0.15, 0.2) is 41.3 Å². The van der Waals surface area contributed by atoms with E-state index in [-0.39, 0.29) is 28.3 Å². The summed E-state index contributed by atoms with van der Waals surface area (Å²) in [4.78, 5) is 43.4. The van der Waals surface area contributed by atoms with Gasteiger partial charge in [0.15, 0.2) is 21.2 Å². The third-order valence-electron chi connectivity index (χ3n) is 7.49. The minimum atomic E-state index is -3.41. The molecule has 202 valence electrons. The zero-order valence-corrected chi connectivity index (χ0v) is 22.8. The molecule has 3 heterocycles. The van der Waals surface area contributed by atoms with E-state index in [9.17, 15) is 22.8 Å². The van der Waals surface area contributed by atoms with Gasteiger partial charge in [-0.15, -0.1) is 0 Å². The summed E-state index contributed by atoms with van der Waals surface area (Å²) in [6.45, 7) is 4.18. The van der Waals surface area contributed by atoms with E-state index in [1.165, 1.54) is 6.07 Å². The number of piperidine rings is 1. The van der Waals surface area contributed by atoms with Crippen LogP contribution in [0, 0.1) is 6.92 Å². The average molecular weight is 561 g/mol. The van der Waals surface area contributed by atoms with E-state index >= 15 is 0 Å². The van der Waals surface area contributed by atoms with E-state index in [2.05, 4.69) is 0 Å². The Kier molecular flexibility index (Phi) is 7.00. The number of esters is 1. The largest absolute Gasteiger partial charge is 0.448 e. The monoisotopic (exact) mass is 560 g/mol. The molecule has 2 amide bonds. The number of hydrogen-bond acceptors (Lipinski definition) is 7. The molecular formula is C27H29ClN2O7S. The number of sulfone groups is 1. The van der Waals surface area contributed by atoms with E-state index in [1.807, 2.05) is 0 Å². The predicted molar refractivity (Wildman–Crippen MR) is 140 cm³/mol. The van der Waals surface area contributed by atoms with E-state index in [4.69, 9.17) is 21.1 Å². The molecule has 5 rings (SSSR count). The number of likely N-dealkylation sites (tertiary alicyclic amines) is 1. The van der Waals surface area contributed by atoms with Crippen LogP contribution in [-0.2, 0) is 28.9 Å². The first-order valence-corrected chi connectivity index (χ1v) is 14.8. The van der Waals surface area contributed by atoms with Gasteiger partial charge in [0.05, 0.1) is 24.7 Å². The zero-order valence-electron chi connectivity index (χ0n) is 21.2. The molecular weight excluding hydrogens is 532 g/mol. The standard InChI is InChI=1S/C27H29ClN2O7S/c1-17-13-21(18-5-3-6-19(14-18)38(2,34)35)22(28)15-20(17)23-24(31)27(37-25(23)32)7-4-8-30(16-27)26(33)29-9-11-36-12-10-29/h3,5-6,13-15,23H,4,7-12,16H2,1-2H3. The van der Waals surface area contributed by atoms with Crippen LogP contribution in [0.3, 0.4) is 0 Å². The van der Waals surface area contributed by atoms with Crippen LogP contribution in [0.2, 0.25) is 5.02 Å². The summed E-state index contributed by atoms with van der Waals surface area (Å²) in [7, 11) is -3.41. The Morgan fingerprint density at radius 3 is 2.53 bits per heavy atom. The highest BCUT2D eigenvalue weighted by Crippen LogP contribution is 2.43. The molecule has 11 heteroatoms. The minimum Gasteiger partial charge on any atom is -0.448 e. The summed E-state index contributed by atoms with van der Waals surface area (Å²) in [5.74, 6) is -2.17. The third-order valence-corrected chi connectivity index (χ3v) is 8.91. The van der Waals surface area contributed by atoms with Crippen molar-refractivity contribution in [3.8, 4) is 11.1 Å². The molecule has 2 aromatic carbocycles. The van der Waals surface area contributed by atoms with Gasteiger partial charge in [-0.25, -0.2) is 13.2 Å². The third kappa shape index (κ3) is 4.81. The number of benzene rings is 2. The Bertz CT molecular complexity index is 1420. The normalized spacial score (nSPS) is 24.1. The lowest BCUT2D eigenvalue weighted by Gasteiger charge is -2.40. The number of carbonyl (C=O) groups excluding carboxylic acids is 3. The first-order valence-electron chi connectivity index (χ1n) is 12.5. The molecule has 0 aromatic heterocycles. The second kappa shape index (κ2) is 9.98. The Morgan fingerprint density at radius 1 is 1.08 bits per heavy atom. The van der Waals surface area contributed by atoms with Gasteiger partial charge in [-0.05, 0) is 60.7 Å². The molecule has 0 aliphatic carbocycles. The second-order valence-electron chi connectivity index (χ2n) is 10.1. The lowest BCUT2D eigenvalue weighted by molar-refractivity contribution is -0.156. The van der Waals surface area contributed by atoms with Gasteiger partial charge in [-0.1, -0.05) is 23.7 Å². The van der Waals surface area contributed by atoms with Crippen molar-refractivity contribution >= 4 is 39.2 Å². The van der Waals surface area contributed by atoms with Gasteiger partial charge in [-0.2, -0.15) is 0 Å². The van der Waals surface area contributed by atoms with Crippen molar-refractivity contribution in [3.05, 3.63) is 52.5 Å². The Balaban J connectivity index is 1.42.